The van der Waals surface area contributed by atoms with Gasteiger partial charge in [0.15, 0.2) is 0 Å². The number of hydrazine groups is 1. The second-order valence-corrected chi connectivity index (χ2v) is 6.84. The van der Waals surface area contributed by atoms with E-state index in [0.29, 0.717) is 6.54 Å². The Bertz CT molecular complexity index is 932. The smallest absolute Gasteiger partial charge is 0.238 e. The van der Waals surface area contributed by atoms with E-state index in [1.54, 1.807) is 0 Å². The molecule has 0 saturated carbocycles. The largest absolute Gasteiger partial charge is 0.351 e. The zero-order chi connectivity index (χ0) is 17.9. The summed E-state index contributed by atoms with van der Waals surface area (Å²) in [7, 11) is 0. The molecule has 2 atom stereocenters. The SMILES string of the molecule is Cc1ccccc1CNC(=O)C1CC(c2cccc3ccccc23)NN1. The predicted octanol–water partition coefficient (Wildman–Crippen LogP) is 3.37. The van der Waals surface area contributed by atoms with Crippen LogP contribution in [0.3, 0.4) is 0 Å². The van der Waals surface area contributed by atoms with E-state index in [4.69, 9.17) is 0 Å². The average molecular weight is 345 g/mol. The van der Waals surface area contributed by atoms with Gasteiger partial charge >= 0.3 is 0 Å². The minimum atomic E-state index is -0.233. The summed E-state index contributed by atoms with van der Waals surface area (Å²) >= 11 is 0. The Balaban J connectivity index is 1.43. The van der Waals surface area contributed by atoms with E-state index >= 15 is 0 Å². The third-order valence-corrected chi connectivity index (χ3v) is 5.13. The van der Waals surface area contributed by atoms with Gasteiger partial charge in [0.1, 0.15) is 6.04 Å². The van der Waals surface area contributed by atoms with E-state index < -0.39 is 0 Å². The van der Waals surface area contributed by atoms with Gasteiger partial charge in [0.2, 0.25) is 5.91 Å². The Morgan fingerprint density at radius 2 is 1.77 bits per heavy atom. The van der Waals surface area contributed by atoms with Crippen LogP contribution in [0.5, 0.6) is 0 Å². The summed E-state index contributed by atoms with van der Waals surface area (Å²) < 4.78 is 0. The molecule has 1 fully saturated rings. The lowest BCUT2D eigenvalue weighted by atomic mass is 9.96. The summed E-state index contributed by atoms with van der Waals surface area (Å²) in [5.41, 5.74) is 10.0. The molecule has 0 radical (unpaired) electrons. The first-order valence-electron chi connectivity index (χ1n) is 9.03. The average Bonchev–Trinajstić information content (AvgIpc) is 3.17. The molecule has 1 heterocycles. The number of fused-ring (bicyclic) bond motifs is 1. The topological polar surface area (TPSA) is 53.2 Å². The molecular weight excluding hydrogens is 322 g/mol. The van der Waals surface area contributed by atoms with E-state index in [2.05, 4.69) is 71.6 Å². The highest BCUT2D eigenvalue weighted by molar-refractivity contribution is 5.87. The summed E-state index contributed by atoms with van der Waals surface area (Å²) in [5.74, 6) is 0.0310. The molecule has 26 heavy (non-hydrogen) atoms. The standard InChI is InChI=1S/C22H23N3O/c1-15-7-2-3-9-17(15)14-23-22(26)21-13-20(24-25-21)19-12-6-10-16-8-4-5-11-18(16)19/h2-12,20-21,24-25H,13-14H2,1H3,(H,23,26). The summed E-state index contributed by atoms with van der Waals surface area (Å²) in [6, 6.07) is 22.7. The minimum Gasteiger partial charge on any atom is -0.351 e. The van der Waals surface area contributed by atoms with Gasteiger partial charge in [-0.1, -0.05) is 66.7 Å². The summed E-state index contributed by atoms with van der Waals surface area (Å²) in [5, 5.41) is 5.50. The molecule has 2 unspecified atom stereocenters. The molecule has 0 aromatic heterocycles. The Morgan fingerprint density at radius 3 is 2.65 bits per heavy atom. The molecule has 4 heteroatoms. The number of aryl methyl sites for hydroxylation is 1. The van der Waals surface area contributed by atoms with Crippen molar-refractivity contribution in [3.05, 3.63) is 83.4 Å². The van der Waals surface area contributed by atoms with Crippen LogP contribution < -0.4 is 16.2 Å². The maximum absolute atomic E-state index is 12.6. The van der Waals surface area contributed by atoms with Crippen molar-refractivity contribution in [3.8, 4) is 0 Å². The van der Waals surface area contributed by atoms with E-state index in [0.717, 1.165) is 12.0 Å². The lowest BCUT2D eigenvalue weighted by Gasteiger charge is -2.13. The van der Waals surface area contributed by atoms with Gasteiger partial charge in [-0.25, -0.2) is 10.9 Å². The Morgan fingerprint density at radius 1 is 1.00 bits per heavy atom. The van der Waals surface area contributed by atoms with Gasteiger partial charge in [0.05, 0.1) is 0 Å². The van der Waals surface area contributed by atoms with E-state index in [1.165, 1.54) is 21.9 Å². The number of carbonyl (C=O) groups excluding carboxylic acids is 1. The van der Waals surface area contributed by atoms with Crippen LogP contribution in [0.15, 0.2) is 66.7 Å². The highest BCUT2D eigenvalue weighted by Crippen LogP contribution is 2.29. The summed E-state index contributed by atoms with van der Waals surface area (Å²) in [6.45, 7) is 2.62. The molecule has 4 nitrogen and oxygen atoms in total. The summed E-state index contributed by atoms with van der Waals surface area (Å²) in [6.07, 6.45) is 0.730. The third kappa shape index (κ3) is 3.34. The number of hydrogen-bond acceptors (Lipinski definition) is 3. The van der Waals surface area contributed by atoms with Crippen LogP contribution >= 0.6 is 0 Å². The lowest BCUT2D eigenvalue weighted by Crippen LogP contribution is -2.42. The fourth-order valence-corrected chi connectivity index (χ4v) is 3.60. The zero-order valence-corrected chi connectivity index (χ0v) is 14.8. The maximum atomic E-state index is 12.6. The Kier molecular flexibility index (Phi) is 4.69. The number of carbonyl (C=O) groups is 1. The van der Waals surface area contributed by atoms with Crippen molar-refractivity contribution in [2.75, 3.05) is 0 Å². The molecule has 0 bridgehead atoms. The summed E-state index contributed by atoms with van der Waals surface area (Å²) in [4.78, 5) is 12.6. The normalized spacial score (nSPS) is 19.6. The molecule has 1 aliphatic rings. The molecule has 1 saturated heterocycles. The fourth-order valence-electron chi connectivity index (χ4n) is 3.60. The molecule has 0 spiro atoms. The van der Waals surface area contributed by atoms with Crippen LogP contribution in [0.2, 0.25) is 0 Å². The first kappa shape index (κ1) is 16.8. The lowest BCUT2D eigenvalue weighted by molar-refractivity contribution is -0.123. The van der Waals surface area contributed by atoms with Gasteiger partial charge in [-0.15, -0.1) is 0 Å². The number of benzene rings is 3. The van der Waals surface area contributed by atoms with Crippen molar-refractivity contribution in [2.45, 2.75) is 32.0 Å². The van der Waals surface area contributed by atoms with Crippen molar-refractivity contribution in [3.63, 3.8) is 0 Å². The van der Waals surface area contributed by atoms with Crippen LogP contribution in [-0.2, 0) is 11.3 Å². The van der Waals surface area contributed by atoms with Crippen LogP contribution in [-0.4, -0.2) is 11.9 Å². The Labute approximate surface area is 153 Å². The second-order valence-electron chi connectivity index (χ2n) is 6.84. The van der Waals surface area contributed by atoms with Crippen LogP contribution in [0.4, 0.5) is 0 Å². The van der Waals surface area contributed by atoms with Gasteiger partial charge in [-0.05, 0) is 40.8 Å². The number of amides is 1. The van der Waals surface area contributed by atoms with E-state index in [1.807, 2.05) is 18.2 Å². The molecular formula is C22H23N3O. The molecule has 3 N–H and O–H groups in total. The first-order chi connectivity index (χ1) is 12.7. The van der Waals surface area contributed by atoms with Gasteiger partial charge < -0.3 is 5.32 Å². The maximum Gasteiger partial charge on any atom is 0.238 e. The minimum absolute atomic E-state index is 0.0310. The molecule has 4 rings (SSSR count). The quantitative estimate of drug-likeness (QED) is 0.679. The van der Waals surface area contributed by atoms with E-state index in [-0.39, 0.29) is 18.0 Å². The monoisotopic (exact) mass is 345 g/mol. The molecule has 132 valence electrons. The van der Waals surface area contributed by atoms with Crippen LogP contribution in [0.25, 0.3) is 10.8 Å². The van der Waals surface area contributed by atoms with Gasteiger partial charge in [0, 0.05) is 12.6 Å². The second kappa shape index (κ2) is 7.28. The van der Waals surface area contributed by atoms with Crippen LogP contribution in [0.1, 0.15) is 29.2 Å². The number of hydrogen-bond donors (Lipinski definition) is 3. The fraction of sp³-hybridized carbons (Fsp3) is 0.227. The first-order valence-corrected chi connectivity index (χ1v) is 9.03. The highest BCUT2D eigenvalue weighted by Gasteiger charge is 2.30. The van der Waals surface area contributed by atoms with Gasteiger partial charge in [0.25, 0.3) is 0 Å². The highest BCUT2D eigenvalue weighted by atomic mass is 16.2. The van der Waals surface area contributed by atoms with Crippen LogP contribution in [0, 0.1) is 6.92 Å². The van der Waals surface area contributed by atoms with Gasteiger partial charge in [-0.3, -0.25) is 4.79 Å². The number of rotatable bonds is 4. The molecule has 1 aliphatic heterocycles. The van der Waals surface area contributed by atoms with Gasteiger partial charge in [-0.2, -0.15) is 0 Å². The zero-order valence-electron chi connectivity index (χ0n) is 14.8. The molecule has 3 aromatic rings. The predicted molar refractivity (Wildman–Crippen MR) is 104 cm³/mol. The molecule has 3 aromatic carbocycles. The van der Waals surface area contributed by atoms with Crippen molar-refractivity contribution < 1.29 is 4.79 Å². The molecule has 1 amide bonds. The third-order valence-electron chi connectivity index (χ3n) is 5.13. The number of nitrogens with one attached hydrogen (secondary N) is 3. The van der Waals surface area contributed by atoms with Crippen molar-refractivity contribution in [2.24, 2.45) is 0 Å². The van der Waals surface area contributed by atoms with Crippen molar-refractivity contribution >= 4 is 16.7 Å². The van der Waals surface area contributed by atoms with E-state index in [9.17, 15) is 4.79 Å². The van der Waals surface area contributed by atoms with Crippen molar-refractivity contribution in [1.82, 2.24) is 16.2 Å². The van der Waals surface area contributed by atoms with Crippen molar-refractivity contribution in [1.29, 1.82) is 0 Å². The Hall–Kier alpha value is -2.69. The molecule has 0 aliphatic carbocycles.